The van der Waals surface area contributed by atoms with Gasteiger partial charge in [0, 0.05) is 49.9 Å². The largest absolute Gasteiger partial charge is 0.337 e. The minimum Gasteiger partial charge on any atom is -0.337 e. The molecule has 31 heavy (non-hydrogen) atoms. The maximum absolute atomic E-state index is 14.1. The molecule has 0 N–H and O–H groups in total. The third-order valence-electron chi connectivity index (χ3n) is 5.69. The minimum absolute atomic E-state index is 0.101. The molecule has 1 aliphatic rings. The van der Waals surface area contributed by atoms with Crippen LogP contribution in [0.4, 0.5) is 4.39 Å². The first-order valence-electron chi connectivity index (χ1n) is 10.4. The van der Waals surface area contributed by atoms with Crippen molar-refractivity contribution >= 4 is 5.91 Å². The van der Waals surface area contributed by atoms with Crippen LogP contribution < -0.4 is 5.56 Å². The molecule has 3 aromatic rings. The van der Waals surface area contributed by atoms with E-state index in [2.05, 4.69) is 5.10 Å². The molecule has 1 atom stereocenters. The average Bonchev–Trinajstić information content (AvgIpc) is 2.76. The summed E-state index contributed by atoms with van der Waals surface area (Å²) in [5.74, 6) is -0.290. The quantitative estimate of drug-likeness (QED) is 0.650. The minimum atomic E-state index is -0.251. The van der Waals surface area contributed by atoms with Gasteiger partial charge in [0.2, 0.25) is 0 Å². The zero-order valence-electron chi connectivity index (χ0n) is 17.7. The summed E-state index contributed by atoms with van der Waals surface area (Å²) in [5.41, 5.74) is 3.49. The van der Waals surface area contributed by atoms with Crippen molar-refractivity contribution < 1.29 is 9.18 Å². The van der Waals surface area contributed by atoms with E-state index in [4.69, 9.17) is 4.98 Å². The van der Waals surface area contributed by atoms with Crippen LogP contribution in [0.3, 0.4) is 0 Å². The van der Waals surface area contributed by atoms with Crippen molar-refractivity contribution in [1.82, 2.24) is 19.7 Å². The number of hydrogen-bond donors (Lipinski definition) is 0. The summed E-state index contributed by atoms with van der Waals surface area (Å²) in [4.78, 5) is 31.0. The number of carbonyl (C=O) groups excluding carboxylic acids is 1. The molecule has 0 spiro atoms. The van der Waals surface area contributed by atoms with Gasteiger partial charge in [-0.05, 0) is 55.2 Å². The summed E-state index contributed by atoms with van der Waals surface area (Å²) in [5, 5.41) is 4.09. The monoisotopic (exact) mass is 420 g/mol. The lowest BCUT2D eigenvalue weighted by atomic mass is 9.92. The standard InChI is InChI=1S/C24H25FN4O2/c1-16-12-17(13-18-6-3-4-8-20(18)25)14-22(26-16)19-7-5-11-29(15-19)24(31)21-9-10-23(30)28(2)27-21/h3-4,6,8-10,12,14,19H,5,7,11,13,15H2,1-2H3/t19-/m0/s1. The molecule has 1 aliphatic heterocycles. The SMILES string of the molecule is Cc1cc(Cc2ccccc2F)cc([C@H]2CCCN(C(=O)c3ccc(=O)n(C)n3)C2)n1. The van der Waals surface area contributed by atoms with Crippen LogP contribution in [0.5, 0.6) is 0 Å². The lowest BCUT2D eigenvalue weighted by Crippen LogP contribution is -2.40. The Bertz CT molecular complexity index is 1170. The predicted molar refractivity (Wildman–Crippen MR) is 116 cm³/mol. The van der Waals surface area contributed by atoms with E-state index in [1.54, 1.807) is 17.0 Å². The zero-order valence-corrected chi connectivity index (χ0v) is 17.7. The third kappa shape index (κ3) is 4.71. The fourth-order valence-corrected chi connectivity index (χ4v) is 4.12. The Morgan fingerprint density at radius 1 is 1.19 bits per heavy atom. The van der Waals surface area contributed by atoms with Crippen molar-refractivity contribution in [2.75, 3.05) is 13.1 Å². The van der Waals surface area contributed by atoms with E-state index in [9.17, 15) is 14.0 Å². The molecule has 2 aromatic heterocycles. The molecular formula is C24H25FN4O2. The van der Waals surface area contributed by atoms with Crippen molar-refractivity contribution in [3.8, 4) is 0 Å². The second-order valence-corrected chi connectivity index (χ2v) is 8.08. The van der Waals surface area contributed by atoms with Crippen molar-refractivity contribution in [3.63, 3.8) is 0 Å². The van der Waals surface area contributed by atoms with Gasteiger partial charge in [0.1, 0.15) is 11.5 Å². The number of benzene rings is 1. The number of piperidine rings is 1. The Morgan fingerprint density at radius 3 is 2.77 bits per heavy atom. The Balaban J connectivity index is 1.54. The highest BCUT2D eigenvalue weighted by atomic mass is 19.1. The summed E-state index contributed by atoms with van der Waals surface area (Å²) in [6.45, 7) is 3.13. The summed E-state index contributed by atoms with van der Waals surface area (Å²) in [6.07, 6.45) is 2.29. The maximum atomic E-state index is 14.1. The first kappa shape index (κ1) is 20.9. The van der Waals surface area contributed by atoms with Crippen molar-refractivity contribution in [1.29, 1.82) is 0 Å². The first-order valence-corrected chi connectivity index (χ1v) is 10.4. The van der Waals surface area contributed by atoms with E-state index in [0.29, 0.717) is 25.1 Å². The third-order valence-corrected chi connectivity index (χ3v) is 5.69. The molecule has 1 fully saturated rings. The number of aryl methyl sites for hydroxylation is 2. The summed E-state index contributed by atoms with van der Waals surface area (Å²) in [7, 11) is 1.53. The van der Waals surface area contributed by atoms with Gasteiger partial charge in [-0.25, -0.2) is 9.07 Å². The van der Waals surface area contributed by atoms with E-state index in [-0.39, 0.29) is 28.9 Å². The number of carbonyl (C=O) groups is 1. The van der Waals surface area contributed by atoms with Gasteiger partial charge in [0.25, 0.3) is 11.5 Å². The number of hydrogen-bond acceptors (Lipinski definition) is 4. The second-order valence-electron chi connectivity index (χ2n) is 8.08. The van der Waals surface area contributed by atoms with Crippen molar-refractivity contribution in [2.24, 2.45) is 7.05 Å². The van der Waals surface area contributed by atoms with E-state index in [0.717, 1.165) is 29.8 Å². The molecule has 6 nitrogen and oxygen atoms in total. The lowest BCUT2D eigenvalue weighted by molar-refractivity contribution is 0.0697. The van der Waals surface area contributed by atoms with Crippen molar-refractivity contribution in [2.45, 2.75) is 32.1 Å². The van der Waals surface area contributed by atoms with Crippen LogP contribution in [0.25, 0.3) is 0 Å². The van der Waals surface area contributed by atoms with E-state index >= 15 is 0 Å². The molecule has 160 valence electrons. The molecule has 1 saturated heterocycles. The first-order chi connectivity index (χ1) is 14.9. The number of pyridine rings is 1. The van der Waals surface area contributed by atoms with E-state index in [1.807, 2.05) is 25.1 Å². The van der Waals surface area contributed by atoms with Gasteiger partial charge in [0.15, 0.2) is 0 Å². The fraction of sp³-hybridized carbons (Fsp3) is 0.333. The zero-order chi connectivity index (χ0) is 22.0. The molecule has 1 aromatic carbocycles. The van der Waals surface area contributed by atoms with Gasteiger partial charge < -0.3 is 4.90 Å². The van der Waals surface area contributed by atoms with Crippen LogP contribution in [-0.2, 0) is 13.5 Å². The molecule has 4 rings (SSSR count). The van der Waals surface area contributed by atoms with Gasteiger partial charge in [-0.3, -0.25) is 14.6 Å². The summed E-state index contributed by atoms with van der Waals surface area (Å²) < 4.78 is 15.3. The van der Waals surface area contributed by atoms with Crippen molar-refractivity contribution in [3.05, 3.63) is 92.9 Å². The van der Waals surface area contributed by atoms with Gasteiger partial charge >= 0.3 is 0 Å². The number of nitrogens with zero attached hydrogens (tertiary/aromatic N) is 4. The molecule has 0 aliphatic carbocycles. The van der Waals surface area contributed by atoms with Crippen LogP contribution in [0.2, 0.25) is 0 Å². The van der Waals surface area contributed by atoms with Crippen LogP contribution in [-0.4, -0.2) is 38.7 Å². The maximum Gasteiger partial charge on any atom is 0.274 e. The molecule has 0 bridgehead atoms. The Hall–Kier alpha value is -3.35. The number of amides is 1. The molecule has 0 saturated carbocycles. The molecule has 0 radical (unpaired) electrons. The number of aromatic nitrogens is 3. The van der Waals surface area contributed by atoms with Gasteiger partial charge in [0.05, 0.1) is 0 Å². The van der Waals surface area contributed by atoms with Gasteiger partial charge in [-0.1, -0.05) is 18.2 Å². The average molecular weight is 420 g/mol. The Morgan fingerprint density at radius 2 is 2.00 bits per heavy atom. The van der Waals surface area contributed by atoms with Crippen LogP contribution in [0.1, 0.15) is 51.8 Å². The summed E-state index contributed by atoms with van der Waals surface area (Å²) >= 11 is 0. The summed E-state index contributed by atoms with van der Waals surface area (Å²) in [6, 6.07) is 13.7. The highest BCUT2D eigenvalue weighted by Crippen LogP contribution is 2.28. The molecule has 1 amide bonds. The van der Waals surface area contributed by atoms with E-state index < -0.39 is 0 Å². The number of halogens is 1. The van der Waals surface area contributed by atoms with Crippen LogP contribution >= 0.6 is 0 Å². The predicted octanol–water partition coefficient (Wildman–Crippen LogP) is 3.23. The highest BCUT2D eigenvalue weighted by Gasteiger charge is 2.27. The smallest absolute Gasteiger partial charge is 0.274 e. The lowest BCUT2D eigenvalue weighted by Gasteiger charge is -2.32. The molecule has 7 heteroatoms. The molecular weight excluding hydrogens is 395 g/mol. The van der Waals surface area contributed by atoms with Crippen LogP contribution in [0.15, 0.2) is 53.3 Å². The molecule has 0 unspecified atom stereocenters. The highest BCUT2D eigenvalue weighted by molar-refractivity contribution is 5.92. The topological polar surface area (TPSA) is 68.1 Å². The van der Waals surface area contributed by atoms with E-state index in [1.165, 1.54) is 29.9 Å². The Kier molecular flexibility index (Phi) is 5.93. The fourth-order valence-electron chi connectivity index (χ4n) is 4.12. The van der Waals surface area contributed by atoms with Gasteiger partial charge in [-0.15, -0.1) is 0 Å². The Labute approximate surface area is 180 Å². The number of rotatable bonds is 4. The van der Waals surface area contributed by atoms with Gasteiger partial charge in [-0.2, -0.15) is 5.10 Å². The molecule has 3 heterocycles. The number of likely N-dealkylation sites (tertiary alicyclic amines) is 1. The second kappa shape index (κ2) is 8.79. The van der Waals surface area contributed by atoms with Crippen LogP contribution in [0, 0.1) is 12.7 Å². The normalized spacial score (nSPS) is 16.4.